The molecule has 1 saturated heterocycles. The van der Waals surface area contributed by atoms with Gasteiger partial charge in [-0.15, -0.1) is 0 Å². The number of benzene rings is 2. The summed E-state index contributed by atoms with van der Waals surface area (Å²) in [5, 5.41) is 11.5. The molecule has 1 N–H and O–H groups in total. The fourth-order valence-corrected chi connectivity index (χ4v) is 3.94. The first kappa shape index (κ1) is 20.3. The number of halogens is 2. The fraction of sp³-hybridized carbons (Fsp3) is 0.0870. The molecule has 2 heterocycles. The van der Waals surface area contributed by atoms with Crippen LogP contribution in [0.4, 0.5) is 5.69 Å². The van der Waals surface area contributed by atoms with Crippen LogP contribution in [-0.2, 0) is 9.59 Å². The quantitative estimate of drug-likeness (QED) is 0.306. The molecular weight excluding hydrogens is 468 g/mol. The minimum absolute atomic E-state index is 0.00650. The third-order valence-corrected chi connectivity index (χ3v) is 6.10. The second kappa shape index (κ2) is 8.05. The van der Waals surface area contributed by atoms with Gasteiger partial charge in [-0.2, -0.15) is 0 Å². The zero-order valence-electron chi connectivity index (χ0n) is 15.8. The number of aromatic nitrogens is 1. The van der Waals surface area contributed by atoms with E-state index in [0.717, 1.165) is 10.0 Å². The summed E-state index contributed by atoms with van der Waals surface area (Å²) in [6.45, 7) is 1.93. The number of ketones is 1. The van der Waals surface area contributed by atoms with E-state index in [-0.39, 0.29) is 11.3 Å². The topological polar surface area (TPSA) is 70.5 Å². The molecule has 0 bridgehead atoms. The van der Waals surface area contributed by atoms with Crippen LogP contribution >= 0.6 is 27.5 Å². The molecule has 1 atom stereocenters. The number of hydrogen-bond acceptors (Lipinski definition) is 4. The van der Waals surface area contributed by atoms with Crippen LogP contribution in [0.15, 0.2) is 77.0 Å². The summed E-state index contributed by atoms with van der Waals surface area (Å²) in [5.74, 6) is -1.73. The molecule has 150 valence electrons. The van der Waals surface area contributed by atoms with Crippen molar-refractivity contribution in [3.8, 4) is 0 Å². The van der Waals surface area contributed by atoms with E-state index in [1.807, 2.05) is 13.0 Å². The molecule has 30 heavy (non-hydrogen) atoms. The van der Waals surface area contributed by atoms with Gasteiger partial charge in [0.05, 0.1) is 11.6 Å². The smallest absolute Gasteiger partial charge is 0.300 e. The van der Waals surface area contributed by atoms with Gasteiger partial charge in [0, 0.05) is 33.1 Å². The van der Waals surface area contributed by atoms with E-state index in [0.29, 0.717) is 21.8 Å². The SMILES string of the molecule is Cc1ccc(N2C(=O)C(=O)C(=C(O)c3ccc(Cl)cc3)[C@H]2c2cccnc2)cc1Br. The summed E-state index contributed by atoms with van der Waals surface area (Å²) in [4.78, 5) is 31.6. The standard InChI is InChI=1S/C23H16BrClN2O3/c1-13-4-9-17(11-18(13)24)27-20(15-3-2-10-26-12-15)19(22(29)23(27)30)21(28)14-5-7-16(25)8-6-14/h2-12,20,28H,1H3/t20-/m1/s1. The van der Waals surface area contributed by atoms with Crippen molar-refractivity contribution in [3.05, 3.63) is 98.7 Å². The number of aliphatic hydroxyl groups excluding tert-OH is 1. The molecule has 2 aromatic carbocycles. The Hall–Kier alpha value is -2.96. The number of pyridine rings is 1. The number of carbonyl (C=O) groups excluding carboxylic acids is 2. The van der Waals surface area contributed by atoms with Gasteiger partial charge in [-0.25, -0.2) is 0 Å². The molecule has 1 aromatic heterocycles. The van der Waals surface area contributed by atoms with Gasteiger partial charge in [0.1, 0.15) is 5.76 Å². The van der Waals surface area contributed by atoms with Crippen molar-refractivity contribution in [2.24, 2.45) is 0 Å². The second-order valence-corrected chi connectivity index (χ2v) is 8.19. The van der Waals surface area contributed by atoms with Crippen LogP contribution in [-0.4, -0.2) is 21.8 Å². The molecule has 1 fully saturated rings. The van der Waals surface area contributed by atoms with Gasteiger partial charge in [-0.1, -0.05) is 39.7 Å². The number of amides is 1. The Labute approximate surface area is 186 Å². The summed E-state index contributed by atoms with van der Waals surface area (Å²) < 4.78 is 0.810. The van der Waals surface area contributed by atoms with Crippen LogP contribution in [0.25, 0.3) is 5.76 Å². The average molecular weight is 484 g/mol. The van der Waals surface area contributed by atoms with Gasteiger partial charge < -0.3 is 5.11 Å². The van der Waals surface area contributed by atoms with E-state index in [2.05, 4.69) is 20.9 Å². The predicted octanol–water partition coefficient (Wildman–Crippen LogP) is 5.43. The van der Waals surface area contributed by atoms with E-state index in [9.17, 15) is 14.7 Å². The zero-order chi connectivity index (χ0) is 21.4. The highest BCUT2D eigenvalue weighted by Gasteiger charge is 2.47. The van der Waals surface area contributed by atoms with Crippen molar-refractivity contribution in [1.82, 2.24) is 4.98 Å². The lowest BCUT2D eigenvalue weighted by atomic mass is 9.96. The molecule has 0 aliphatic carbocycles. The minimum Gasteiger partial charge on any atom is -0.507 e. The van der Waals surface area contributed by atoms with Gasteiger partial charge in [0.2, 0.25) is 0 Å². The maximum atomic E-state index is 13.1. The lowest BCUT2D eigenvalue weighted by Gasteiger charge is -2.25. The van der Waals surface area contributed by atoms with Gasteiger partial charge in [0.25, 0.3) is 11.7 Å². The molecule has 7 heteroatoms. The summed E-state index contributed by atoms with van der Waals surface area (Å²) in [6.07, 6.45) is 3.19. The van der Waals surface area contributed by atoms with Crippen molar-refractivity contribution in [1.29, 1.82) is 0 Å². The summed E-state index contributed by atoms with van der Waals surface area (Å²) in [7, 11) is 0. The van der Waals surface area contributed by atoms with Crippen LogP contribution in [0.3, 0.4) is 0 Å². The van der Waals surface area contributed by atoms with Crippen LogP contribution in [0.1, 0.15) is 22.7 Å². The number of hydrogen-bond donors (Lipinski definition) is 1. The summed E-state index contributed by atoms with van der Waals surface area (Å²) in [6, 6.07) is 14.5. The Morgan fingerprint density at radius 1 is 1.13 bits per heavy atom. The summed E-state index contributed by atoms with van der Waals surface area (Å²) in [5.41, 5.74) is 2.56. The first-order valence-corrected chi connectivity index (χ1v) is 10.3. The van der Waals surface area contributed by atoms with E-state index in [1.54, 1.807) is 60.9 Å². The Morgan fingerprint density at radius 2 is 1.87 bits per heavy atom. The maximum absolute atomic E-state index is 13.1. The number of anilines is 1. The van der Waals surface area contributed by atoms with Crippen molar-refractivity contribution in [3.63, 3.8) is 0 Å². The average Bonchev–Trinajstić information content (AvgIpc) is 3.01. The normalized spacial score (nSPS) is 18.1. The number of rotatable bonds is 3. The van der Waals surface area contributed by atoms with Crippen molar-refractivity contribution >= 4 is 50.7 Å². The van der Waals surface area contributed by atoms with Crippen LogP contribution in [0.5, 0.6) is 0 Å². The maximum Gasteiger partial charge on any atom is 0.300 e. The molecule has 0 radical (unpaired) electrons. The van der Waals surface area contributed by atoms with E-state index < -0.39 is 17.7 Å². The van der Waals surface area contributed by atoms with Crippen LogP contribution in [0.2, 0.25) is 5.02 Å². The lowest BCUT2D eigenvalue weighted by molar-refractivity contribution is -0.132. The molecule has 0 spiro atoms. The van der Waals surface area contributed by atoms with E-state index in [1.165, 1.54) is 4.90 Å². The van der Waals surface area contributed by atoms with Gasteiger partial charge in [-0.3, -0.25) is 19.5 Å². The van der Waals surface area contributed by atoms with E-state index >= 15 is 0 Å². The second-order valence-electron chi connectivity index (χ2n) is 6.90. The number of aryl methyl sites for hydroxylation is 1. The number of nitrogens with zero attached hydrogens (tertiary/aromatic N) is 2. The van der Waals surface area contributed by atoms with Crippen LogP contribution < -0.4 is 4.90 Å². The highest BCUT2D eigenvalue weighted by molar-refractivity contribution is 9.10. The predicted molar refractivity (Wildman–Crippen MR) is 119 cm³/mol. The molecule has 1 aliphatic rings. The molecular formula is C23H16BrClN2O3. The van der Waals surface area contributed by atoms with Crippen LogP contribution in [0, 0.1) is 6.92 Å². The number of Topliss-reactive ketones (excluding diaryl/α,β-unsaturated/α-hetero) is 1. The number of carbonyl (C=O) groups is 2. The lowest BCUT2D eigenvalue weighted by Crippen LogP contribution is -2.29. The van der Waals surface area contributed by atoms with Gasteiger partial charge >= 0.3 is 0 Å². The molecule has 0 unspecified atom stereocenters. The van der Waals surface area contributed by atoms with Crippen molar-refractivity contribution < 1.29 is 14.7 Å². The molecule has 1 amide bonds. The van der Waals surface area contributed by atoms with Crippen molar-refractivity contribution in [2.45, 2.75) is 13.0 Å². The molecule has 3 aromatic rings. The first-order valence-electron chi connectivity index (χ1n) is 9.11. The molecule has 1 aliphatic heterocycles. The molecule has 4 rings (SSSR count). The Morgan fingerprint density at radius 3 is 2.50 bits per heavy atom. The van der Waals surface area contributed by atoms with Gasteiger partial charge in [-0.05, 0) is 60.5 Å². The summed E-state index contributed by atoms with van der Waals surface area (Å²) >= 11 is 9.43. The molecule has 5 nitrogen and oxygen atoms in total. The monoisotopic (exact) mass is 482 g/mol. The Kier molecular flexibility index (Phi) is 5.45. The molecule has 0 saturated carbocycles. The Bertz CT molecular complexity index is 1180. The van der Waals surface area contributed by atoms with E-state index in [4.69, 9.17) is 11.6 Å². The van der Waals surface area contributed by atoms with Crippen molar-refractivity contribution in [2.75, 3.05) is 4.90 Å². The number of aliphatic hydroxyl groups is 1. The highest BCUT2D eigenvalue weighted by atomic mass is 79.9. The zero-order valence-corrected chi connectivity index (χ0v) is 18.2. The Balaban J connectivity index is 1.94. The highest BCUT2D eigenvalue weighted by Crippen LogP contribution is 2.42. The largest absolute Gasteiger partial charge is 0.507 e. The third-order valence-electron chi connectivity index (χ3n) is 5.00. The minimum atomic E-state index is -0.816. The fourth-order valence-electron chi connectivity index (χ4n) is 3.45. The third kappa shape index (κ3) is 3.53. The van der Waals surface area contributed by atoms with Gasteiger partial charge in [0.15, 0.2) is 0 Å². The first-order chi connectivity index (χ1) is 14.4.